The van der Waals surface area contributed by atoms with E-state index in [1.807, 2.05) is 38.1 Å². The van der Waals surface area contributed by atoms with E-state index in [1.54, 1.807) is 32.0 Å². The number of benzene rings is 2. The number of carbonyl (C=O) groups is 2. The van der Waals surface area contributed by atoms with Crippen molar-refractivity contribution in [3.63, 3.8) is 0 Å². The van der Waals surface area contributed by atoms with Crippen LogP contribution in [-0.2, 0) is 23.1 Å². The molecule has 3 aliphatic rings. The molecule has 1 saturated heterocycles. The molecule has 2 aliphatic heterocycles. The lowest BCUT2D eigenvalue weighted by Gasteiger charge is -2.40. The Bertz CT molecular complexity index is 1440. The van der Waals surface area contributed by atoms with Crippen LogP contribution in [-0.4, -0.2) is 31.6 Å². The van der Waals surface area contributed by atoms with Gasteiger partial charge in [0, 0.05) is 27.9 Å². The van der Waals surface area contributed by atoms with Gasteiger partial charge in [-0.3, -0.25) is 9.36 Å². The van der Waals surface area contributed by atoms with Gasteiger partial charge >= 0.3 is 13.6 Å². The number of hydrogen-bond donors (Lipinski definition) is 1. The normalized spacial score (nSPS) is 21.7. The van der Waals surface area contributed by atoms with E-state index < -0.39 is 19.5 Å². The summed E-state index contributed by atoms with van der Waals surface area (Å²) < 4.78 is 31.8. The highest BCUT2D eigenvalue weighted by atomic mass is 31.2. The van der Waals surface area contributed by atoms with Crippen LogP contribution in [0.3, 0.4) is 0 Å². The van der Waals surface area contributed by atoms with E-state index in [0.717, 1.165) is 5.56 Å². The molecule has 0 bridgehead atoms. The minimum Gasteiger partial charge on any atom is -0.458 e. The molecule has 7 nitrogen and oxygen atoms in total. The fourth-order valence-electron chi connectivity index (χ4n) is 5.21. The molecule has 5 rings (SSSR count). The van der Waals surface area contributed by atoms with Gasteiger partial charge in [-0.2, -0.15) is 0 Å². The lowest BCUT2D eigenvalue weighted by atomic mass is 9.82. The number of nitrogens with one attached hydrogen (secondary N) is 1. The minimum absolute atomic E-state index is 0.0213. The summed E-state index contributed by atoms with van der Waals surface area (Å²) in [6.07, 6.45) is 1.49. The Balaban J connectivity index is 1.75. The number of allylic oxidation sites excluding steroid dienone is 3. The molecule has 1 unspecified atom stereocenters. The number of ether oxygens (including phenoxy) is 1. The van der Waals surface area contributed by atoms with Crippen LogP contribution < -0.4 is 5.32 Å². The van der Waals surface area contributed by atoms with Crippen LogP contribution in [0.25, 0.3) is 11.1 Å². The summed E-state index contributed by atoms with van der Waals surface area (Å²) in [4.78, 5) is 26.8. The number of carbonyl (C=O) groups excluding carboxylic acids is 2. The maximum absolute atomic E-state index is 14.4. The molecule has 2 aromatic rings. The summed E-state index contributed by atoms with van der Waals surface area (Å²) in [6, 6.07) is 12.8. The van der Waals surface area contributed by atoms with Gasteiger partial charge in [0.05, 0.1) is 30.0 Å². The second-order valence-corrected chi connectivity index (χ2v) is 12.3. The highest BCUT2D eigenvalue weighted by Crippen LogP contribution is 2.67. The highest BCUT2D eigenvalue weighted by molar-refractivity contribution is 7.58. The van der Waals surface area contributed by atoms with Gasteiger partial charge in [-0.25, -0.2) is 4.79 Å². The molecule has 0 spiro atoms. The molecule has 1 aliphatic carbocycles. The molecule has 2 aromatic carbocycles. The SMILES string of the molecule is C=CCOC(=O)C1=C(C)NC(C)=C(P2(=O)OCC(C)(C)CO2)C1c1cccc2c1-c1ccccc1C2=O. The highest BCUT2D eigenvalue weighted by Gasteiger charge is 2.49. The first-order valence-corrected chi connectivity index (χ1v) is 13.8. The molecule has 1 fully saturated rings. The lowest BCUT2D eigenvalue weighted by Crippen LogP contribution is -2.34. The average Bonchev–Trinajstić information content (AvgIpc) is 3.16. The first-order chi connectivity index (χ1) is 17.6. The van der Waals surface area contributed by atoms with Crippen LogP contribution >= 0.6 is 7.60 Å². The van der Waals surface area contributed by atoms with Gasteiger partial charge in [0.25, 0.3) is 0 Å². The molecule has 1 atom stereocenters. The molecular weight excluding hydrogens is 489 g/mol. The zero-order chi connectivity index (χ0) is 26.5. The first kappa shape index (κ1) is 25.4. The van der Waals surface area contributed by atoms with E-state index in [-0.39, 0.29) is 31.0 Å². The van der Waals surface area contributed by atoms with Gasteiger partial charge in [-0.05, 0) is 30.5 Å². The van der Waals surface area contributed by atoms with Crippen LogP contribution in [0.4, 0.5) is 0 Å². The summed E-state index contributed by atoms with van der Waals surface area (Å²) >= 11 is 0. The van der Waals surface area contributed by atoms with Crippen molar-refractivity contribution in [3.8, 4) is 11.1 Å². The van der Waals surface area contributed by atoms with Crippen molar-refractivity contribution in [1.82, 2.24) is 5.32 Å². The summed E-state index contributed by atoms with van der Waals surface area (Å²) in [5.74, 6) is -1.47. The molecule has 192 valence electrons. The van der Waals surface area contributed by atoms with Crippen molar-refractivity contribution >= 4 is 19.3 Å². The number of ketones is 1. The van der Waals surface area contributed by atoms with Gasteiger partial charge < -0.3 is 19.1 Å². The Labute approximate surface area is 216 Å². The number of dihydropyridines is 1. The van der Waals surface area contributed by atoms with Crippen LogP contribution in [0.5, 0.6) is 0 Å². The van der Waals surface area contributed by atoms with Crippen LogP contribution in [0.2, 0.25) is 0 Å². The number of hydrogen-bond acceptors (Lipinski definition) is 7. The lowest BCUT2D eigenvalue weighted by molar-refractivity contribution is -0.138. The maximum Gasteiger partial charge on any atom is 0.360 e. The summed E-state index contributed by atoms with van der Waals surface area (Å²) in [7, 11) is -3.83. The third-order valence-electron chi connectivity index (χ3n) is 6.92. The molecule has 0 saturated carbocycles. The van der Waals surface area contributed by atoms with E-state index in [2.05, 4.69) is 11.9 Å². The van der Waals surface area contributed by atoms with Crippen LogP contribution in [0.1, 0.15) is 55.1 Å². The van der Waals surface area contributed by atoms with Crippen molar-refractivity contribution < 1.29 is 27.9 Å². The third-order valence-corrected chi connectivity index (χ3v) is 9.04. The first-order valence-electron chi connectivity index (χ1n) is 12.2. The minimum atomic E-state index is -3.83. The van der Waals surface area contributed by atoms with Gasteiger partial charge in [-0.1, -0.05) is 69.0 Å². The second-order valence-electron chi connectivity index (χ2n) is 10.3. The van der Waals surface area contributed by atoms with E-state index in [0.29, 0.717) is 44.5 Å². The van der Waals surface area contributed by atoms with Crippen LogP contribution in [0, 0.1) is 5.41 Å². The predicted molar refractivity (Wildman–Crippen MR) is 141 cm³/mol. The number of esters is 1. The van der Waals surface area contributed by atoms with Crippen LogP contribution in [0.15, 0.2) is 77.4 Å². The molecule has 2 heterocycles. The largest absolute Gasteiger partial charge is 0.458 e. The Hall–Kier alpha value is -3.25. The van der Waals surface area contributed by atoms with E-state index in [1.165, 1.54) is 6.08 Å². The molecular formula is C29H30NO6P. The number of rotatable bonds is 5. The smallest absolute Gasteiger partial charge is 0.360 e. The maximum atomic E-state index is 14.4. The molecule has 0 amide bonds. The summed E-state index contributed by atoms with van der Waals surface area (Å²) in [5, 5.41) is 3.56. The Morgan fingerprint density at radius 2 is 1.73 bits per heavy atom. The van der Waals surface area contributed by atoms with Crippen molar-refractivity contribution in [3.05, 3.63) is 94.1 Å². The van der Waals surface area contributed by atoms with Gasteiger partial charge in [0.15, 0.2) is 5.78 Å². The Morgan fingerprint density at radius 3 is 2.41 bits per heavy atom. The molecule has 37 heavy (non-hydrogen) atoms. The Morgan fingerprint density at radius 1 is 1.08 bits per heavy atom. The monoisotopic (exact) mass is 519 g/mol. The second kappa shape index (κ2) is 9.25. The molecule has 1 N–H and O–H groups in total. The van der Waals surface area contributed by atoms with Gasteiger partial charge in [-0.15, -0.1) is 0 Å². The van der Waals surface area contributed by atoms with Crippen molar-refractivity contribution in [2.24, 2.45) is 5.41 Å². The average molecular weight is 520 g/mol. The zero-order valence-corrected chi connectivity index (χ0v) is 22.3. The standard InChI is InChI=1S/C29H30NO6P/c1-6-14-34-28(32)23-17(2)30-18(3)27(37(33)35-15-29(4,5)16-36-37)25(23)21-12-9-13-22-24(21)19-10-7-8-11-20(19)26(22)31/h6-13,25,30H,1,14-16H2,2-5H3. The van der Waals surface area contributed by atoms with E-state index in [9.17, 15) is 14.2 Å². The van der Waals surface area contributed by atoms with Crippen molar-refractivity contribution in [1.29, 1.82) is 0 Å². The third kappa shape index (κ3) is 4.21. The fourth-order valence-corrected chi connectivity index (χ4v) is 7.66. The van der Waals surface area contributed by atoms with Gasteiger partial charge in [0.2, 0.25) is 0 Å². The summed E-state index contributed by atoms with van der Waals surface area (Å²) in [6.45, 7) is 11.7. The van der Waals surface area contributed by atoms with Crippen molar-refractivity contribution in [2.45, 2.75) is 33.6 Å². The number of fused-ring (bicyclic) bond motifs is 3. The molecule has 0 radical (unpaired) electrons. The molecule has 8 heteroatoms. The zero-order valence-electron chi connectivity index (χ0n) is 21.4. The topological polar surface area (TPSA) is 90.9 Å². The molecule has 0 aromatic heterocycles. The fraction of sp³-hybridized carbons (Fsp3) is 0.310. The van der Waals surface area contributed by atoms with Crippen molar-refractivity contribution in [2.75, 3.05) is 19.8 Å². The van der Waals surface area contributed by atoms with E-state index >= 15 is 0 Å². The summed E-state index contributed by atoms with van der Waals surface area (Å²) in [5.41, 5.74) is 4.42. The Kier molecular flexibility index (Phi) is 6.35. The van der Waals surface area contributed by atoms with E-state index in [4.69, 9.17) is 13.8 Å². The predicted octanol–water partition coefficient (Wildman–Crippen LogP) is 6.09. The van der Waals surface area contributed by atoms with Gasteiger partial charge in [0.1, 0.15) is 6.61 Å². The quantitative estimate of drug-likeness (QED) is 0.248.